The third kappa shape index (κ3) is 6.72. The predicted octanol–water partition coefficient (Wildman–Crippen LogP) is 7.32. The number of hydrogen-bond donors (Lipinski definition) is 1. The second-order valence-corrected chi connectivity index (χ2v) is 10.4. The first-order valence-corrected chi connectivity index (χ1v) is 12.7. The van der Waals surface area contributed by atoms with Crippen molar-refractivity contribution in [2.24, 2.45) is 5.10 Å². The number of methoxy groups -OCH3 is 1. The van der Waals surface area contributed by atoms with Gasteiger partial charge in [-0.05, 0) is 109 Å². The van der Waals surface area contributed by atoms with Gasteiger partial charge in [0.25, 0.3) is 5.91 Å². The molecule has 1 N–H and O–H groups in total. The van der Waals surface area contributed by atoms with Gasteiger partial charge in [0, 0.05) is 21.2 Å². The largest absolute Gasteiger partial charge is 0.496 e. The lowest BCUT2D eigenvalue weighted by molar-refractivity contribution is 0.0954. The van der Waals surface area contributed by atoms with Crippen molar-refractivity contribution in [3.63, 3.8) is 0 Å². The first kappa shape index (κ1) is 25.5. The second kappa shape index (κ2) is 11.9. The maximum absolute atomic E-state index is 12.3. The van der Waals surface area contributed by atoms with Gasteiger partial charge in [0.05, 0.1) is 24.9 Å². The summed E-state index contributed by atoms with van der Waals surface area (Å²) >= 11 is 20.0. The van der Waals surface area contributed by atoms with Crippen LogP contribution in [0.5, 0.6) is 11.5 Å². The van der Waals surface area contributed by atoms with Crippen molar-refractivity contribution in [2.75, 3.05) is 7.11 Å². The minimum absolute atomic E-state index is 0.299. The Morgan fingerprint density at radius 2 is 1.91 bits per heavy atom. The van der Waals surface area contributed by atoms with E-state index in [1.54, 1.807) is 37.6 Å². The first-order chi connectivity index (χ1) is 15.3. The molecule has 166 valence electrons. The minimum Gasteiger partial charge on any atom is -0.496 e. The van der Waals surface area contributed by atoms with Crippen molar-refractivity contribution >= 4 is 96.4 Å². The molecule has 0 fully saturated rings. The van der Waals surface area contributed by atoms with Crippen molar-refractivity contribution in [2.45, 2.75) is 6.61 Å². The van der Waals surface area contributed by atoms with Gasteiger partial charge in [-0.2, -0.15) is 5.10 Å². The van der Waals surface area contributed by atoms with Gasteiger partial charge in [-0.25, -0.2) is 5.43 Å². The molecule has 0 unspecified atom stereocenters. The lowest BCUT2D eigenvalue weighted by Crippen LogP contribution is -2.17. The van der Waals surface area contributed by atoms with Crippen LogP contribution in [0.4, 0.5) is 0 Å². The number of hydrogen-bond acceptors (Lipinski definition) is 4. The van der Waals surface area contributed by atoms with E-state index in [0.717, 1.165) is 22.7 Å². The standard InChI is InChI=1S/C22H15BrCl2I2N2O3/c1-31-20-8-13(3-5-18(20)26)22(30)29-28-10-12-6-16(23)21(19(27)7-12)32-11-14-2-4-15(24)9-17(14)25/h2-10H,11H2,1H3,(H,29,30)/b28-10-. The Labute approximate surface area is 231 Å². The molecule has 0 aromatic heterocycles. The third-order valence-corrected chi connectivity index (χ3v) is 7.07. The Morgan fingerprint density at radius 1 is 1.12 bits per heavy atom. The Bertz CT molecular complexity index is 1170. The van der Waals surface area contributed by atoms with Crippen LogP contribution in [-0.2, 0) is 6.61 Å². The molecule has 0 saturated carbocycles. The van der Waals surface area contributed by atoms with Crippen LogP contribution in [0.3, 0.4) is 0 Å². The van der Waals surface area contributed by atoms with Crippen LogP contribution < -0.4 is 14.9 Å². The van der Waals surface area contributed by atoms with Gasteiger partial charge in [-0.3, -0.25) is 4.79 Å². The summed E-state index contributed by atoms with van der Waals surface area (Å²) in [7, 11) is 1.56. The fourth-order valence-corrected chi connectivity index (χ4v) is 5.40. The molecule has 0 bridgehead atoms. The molecule has 0 heterocycles. The zero-order valence-electron chi connectivity index (χ0n) is 16.5. The van der Waals surface area contributed by atoms with E-state index < -0.39 is 0 Å². The maximum atomic E-state index is 12.3. The normalized spacial score (nSPS) is 10.9. The molecule has 10 heteroatoms. The number of carbonyl (C=O) groups is 1. The number of benzene rings is 3. The van der Waals surface area contributed by atoms with E-state index in [0.29, 0.717) is 33.7 Å². The molecule has 3 aromatic carbocycles. The number of carbonyl (C=O) groups excluding carboxylic acids is 1. The van der Waals surface area contributed by atoms with Crippen LogP contribution in [0.2, 0.25) is 10.0 Å². The van der Waals surface area contributed by atoms with Gasteiger partial charge in [0.2, 0.25) is 0 Å². The van der Waals surface area contributed by atoms with Gasteiger partial charge < -0.3 is 9.47 Å². The van der Waals surface area contributed by atoms with Crippen molar-refractivity contribution < 1.29 is 14.3 Å². The van der Waals surface area contributed by atoms with E-state index in [9.17, 15) is 4.79 Å². The molecule has 1 amide bonds. The zero-order chi connectivity index (χ0) is 23.3. The summed E-state index contributed by atoms with van der Waals surface area (Å²) in [5, 5.41) is 5.18. The van der Waals surface area contributed by atoms with Crippen molar-refractivity contribution in [1.82, 2.24) is 5.43 Å². The van der Waals surface area contributed by atoms with E-state index in [1.807, 2.05) is 24.3 Å². The van der Waals surface area contributed by atoms with Crippen LogP contribution in [0.1, 0.15) is 21.5 Å². The van der Waals surface area contributed by atoms with Gasteiger partial charge in [0.1, 0.15) is 18.1 Å². The molecule has 0 radical (unpaired) electrons. The number of rotatable bonds is 7. The zero-order valence-corrected chi connectivity index (χ0v) is 23.9. The molecule has 3 rings (SSSR count). The molecule has 0 aliphatic heterocycles. The van der Waals surface area contributed by atoms with Crippen molar-refractivity contribution in [1.29, 1.82) is 0 Å². The number of ether oxygens (including phenoxy) is 2. The Balaban J connectivity index is 1.66. The topological polar surface area (TPSA) is 59.9 Å². The van der Waals surface area contributed by atoms with E-state index in [4.69, 9.17) is 32.7 Å². The lowest BCUT2D eigenvalue weighted by atomic mass is 10.2. The molecule has 0 aliphatic carbocycles. The molecule has 0 spiro atoms. The quantitative estimate of drug-likeness (QED) is 0.156. The van der Waals surface area contributed by atoms with E-state index in [2.05, 4.69) is 71.6 Å². The molecule has 32 heavy (non-hydrogen) atoms. The Morgan fingerprint density at radius 3 is 2.59 bits per heavy atom. The number of hydrazone groups is 1. The minimum atomic E-state index is -0.329. The summed E-state index contributed by atoms with van der Waals surface area (Å²) in [6, 6.07) is 14.2. The molecule has 5 nitrogen and oxygen atoms in total. The molecule has 0 saturated heterocycles. The molecule has 0 aliphatic rings. The summed E-state index contributed by atoms with van der Waals surface area (Å²) in [5.74, 6) is 0.990. The fraction of sp³-hybridized carbons (Fsp3) is 0.0909. The van der Waals surface area contributed by atoms with Gasteiger partial charge in [-0.1, -0.05) is 29.3 Å². The molecular weight excluding hydrogens is 745 g/mol. The van der Waals surface area contributed by atoms with Crippen LogP contribution >= 0.6 is 84.3 Å². The molecule has 3 aromatic rings. The first-order valence-electron chi connectivity index (χ1n) is 9.01. The van der Waals surface area contributed by atoms with Gasteiger partial charge in [-0.15, -0.1) is 0 Å². The number of amides is 1. The summed E-state index contributed by atoms with van der Waals surface area (Å²) in [5.41, 5.74) is 4.61. The highest BCUT2D eigenvalue weighted by Crippen LogP contribution is 2.33. The second-order valence-electron chi connectivity index (χ2n) is 6.39. The smallest absolute Gasteiger partial charge is 0.271 e. The highest BCUT2D eigenvalue weighted by molar-refractivity contribution is 14.1. The van der Waals surface area contributed by atoms with Crippen molar-refractivity contribution in [3.05, 3.63) is 86.9 Å². The number of halogens is 5. The Kier molecular flexibility index (Phi) is 9.47. The summed E-state index contributed by atoms with van der Waals surface area (Å²) in [6.45, 7) is 0.299. The van der Waals surface area contributed by atoms with E-state index in [-0.39, 0.29) is 5.91 Å². The number of nitrogens with zero attached hydrogens (tertiary/aromatic N) is 1. The SMILES string of the molecule is COc1cc(C(=O)N/N=C\c2cc(Br)c(OCc3ccc(Cl)cc3Cl)c(I)c2)ccc1I. The van der Waals surface area contributed by atoms with Gasteiger partial charge in [0.15, 0.2) is 0 Å². The highest BCUT2D eigenvalue weighted by Gasteiger charge is 2.11. The van der Waals surface area contributed by atoms with E-state index in [1.165, 1.54) is 0 Å². The molecular formula is C22H15BrCl2I2N2O3. The van der Waals surface area contributed by atoms with Crippen LogP contribution in [0.15, 0.2) is 58.1 Å². The molecule has 0 atom stereocenters. The van der Waals surface area contributed by atoms with Crippen LogP contribution in [0, 0.1) is 7.14 Å². The summed E-state index contributed by atoms with van der Waals surface area (Å²) < 4.78 is 13.8. The third-order valence-electron chi connectivity index (χ3n) is 4.20. The number of nitrogens with one attached hydrogen (secondary N) is 1. The average molecular weight is 760 g/mol. The van der Waals surface area contributed by atoms with Crippen molar-refractivity contribution in [3.8, 4) is 11.5 Å². The average Bonchev–Trinajstić information content (AvgIpc) is 2.74. The van der Waals surface area contributed by atoms with E-state index >= 15 is 0 Å². The van der Waals surface area contributed by atoms with Crippen LogP contribution in [-0.4, -0.2) is 19.2 Å². The summed E-state index contributed by atoms with van der Waals surface area (Å²) in [4.78, 5) is 12.3. The van der Waals surface area contributed by atoms with Crippen LogP contribution in [0.25, 0.3) is 0 Å². The predicted molar refractivity (Wildman–Crippen MR) is 148 cm³/mol. The Hall–Kier alpha value is -1.08. The fourth-order valence-electron chi connectivity index (χ4n) is 2.61. The lowest BCUT2D eigenvalue weighted by Gasteiger charge is -2.12. The van der Waals surface area contributed by atoms with Gasteiger partial charge >= 0.3 is 0 Å². The summed E-state index contributed by atoms with van der Waals surface area (Å²) in [6.07, 6.45) is 1.56. The monoisotopic (exact) mass is 758 g/mol. The highest BCUT2D eigenvalue weighted by atomic mass is 127. The maximum Gasteiger partial charge on any atom is 0.271 e.